The molecule has 0 unspecified atom stereocenters. The standard InChI is InChI=1S/C33H38ClN5O4S/c1-23-7-9-24(10-8-23)44(40,41)39-30(19-26-28(34)11-12-36-33(26)39)27-22-37(2)29-21-32(31(42-3)20-25(27)29)43-18-14-35-13-17-38-15-5-4-6-16-38/h7-12,19-22,35H,4-6,13-18H2,1-3H3. The molecule has 4 heterocycles. The lowest BCUT2D eigenvalue weighted by atomic mass is 10.1. The molecule has 1 fully saturated rings. The van der Waals surface area contributed by atoms with E-state index in [1.54, 1.807) is 43.5 Å². The van der Waals surface area contributed by atoms with E-state index in [1.807, 2.05) is 36.9 Å². The van der Waals surface area contributed by atoms with E-state index in [-0.39, 0.29) is 10.5 Å². The van der Waals surface area contributed by atoms with E-state index in [0.29, 0.717) is 39.8 Å². The number of rotatable bonds is 11. The number of ether oxygens (including phenoxy) is 2. The molecule has 44 heavy (non-hydrogen) atoms. The quantitative estimate of drug-likeness (QED) is 0.182. The molecule has 0 bridgehead atoms. The molecule has 0 saturated carbocycles. The first-order valence-electron chi connectivity index (χ1n) is 15.0. The monoisotopic (exact) mass is 635 g/mol. The maximum atomic E-state index is 14.1. The van der Waals surface area contributed by atoms with Gasteiger partial charge in [-0.3, -0.25) is 0 Å². The van der Waals surface area contributed by atoms with E-state index >= 15 is 0 Å². The van der Waals surface area contributed by atoms with Crippen LogP contribution in [-0.4, -0.2) is 73.3 Å². The summed E-state index contributed by atoms with van der Waals surface area (Å²) in [5, 5.41) is 5.27. The number of likely N-dealkylation sites (tertiary alicyclic amines) is 1. The molecule has 9 nitrogen and oxygen atoms in total. The van der Waals surface area contributed by atoms with Gasteiger partial charge in [0.05, 0.1) is 28.2 Å². The Bertz CT molecular complexity index is 1890. The summed E-state index contributed by atoms with van der Waals surface area (Å²) in [6, 6.07) is 14.1. The maximum Gasteiger partial charge on any atom is 0.269 e. The van der Waals surface area contributed by atoms with Gasteiger partial charge in [-0.15, -0.1) is 0 Å². The zero-order valence-electron chi connectivity index (χ0n) is 25.3. The summed E-state index contributed by atoms with van der Waals surface area (Å²) in [6.45, 7) is 7.50. The van der Waals surface area contributed by atoms with Crippen LogP contribution in [0.1, 0.15) is 24.8 Å². The Morgan fingerprint density at radius 1 is 0.977 bits per heavy atom. The number of hydrogen-bond acceptors (Lipinski definition) is 7. The van der Waals surface area contributed by atoms with Crippen LogP contribution in [0.15, 0.2) is 65.8 Å². The van der Waals surface area contributed by atoms with Crippen LogP contribution >= 0.6 is 11.6 Å². The van der Waals surface area contributed by atoms with Crippen LogP contribution in [0.4, 0.5) is 0 Å². The van der Waals surface area contributed by atoms with Gasteiger partial charge in [0.25, 0.3) is 10.0 Å². The predicted octanol–water partition coefficient (Wildman–Crippen LogP) is 5.86. The van der Waals surface area contributed by atoms with Crippen LogP contribution in [0.5, 0.6) is 11.5 Å². The third-order valence-electron chi connectivity index (χ3n) is 8.31. The molecule has 5 aromatic rings. The molecule has 1 aliphatic heterocycles. The first-order valence-corrected chi connectivity index (χ1v) is 16.8. The zero-order chi connectivity index (χ0) is 30.8. The molecule has 1 N–H and O–H groups in total. The second-order valence-electron chi connectivity index (χ2n) is 11.3. The number of piperidine rings is 1. The average Bonchev–Trinajstić information content (AvgIpc) is 3.58. The van der Waals surface area contributed by atoms with Crippen molar-refractivity contribution in [1.82, 2.24) is 23.7 Å². The summed E-state index contributed by atoms with van der Waals surface area (Å²) in [5.41, 5.74) is 3.27. The van der Waals surface area contributed by atoms with Crippen LogP contribution in [0.2, 0.25) is 5.02 Å². The SMILES string of the molecule is COc1cc2c(-c3cc4c(Cl)ccnc4n3S(=O)(=O)c3ccc(C)cc3)cn(C)c2cc1OCCNCCN1CCCCC1. The molecule has 1 saturated heterocycles. The van der Waals surface area contributed by atoms with Crippen molar-refractivity contribution in [2.24, 2.45) is 7.05 Å². The van der Waals surface area contributed by atoms with Gasteiger partial charge < -0.3 is 24.3 Å². The van der Waals surface area contributed by atoms with Gasteiger partial charge in [-0.2, -0.15) is 0 Å². The van der Waals surface area contributed by atoms with Crippen LogP contribution in [0, 0.1) is 6.92 Å². The molecule has 1 aliphatic rings. The van der Waals surface area contributed by atoms with E-state index in [0.717, 1.165) is 36.1 Å². The van der Waals surface area contributed by atoms with Crippen molar-refractivity contribution in [3.63, 3.8) is 0 Å². The minimum atomic E-state index is -4.02. The molecular weight excluding hydrogens is 598 g/mol. The lowest BCUT2D eigenvalue weighted by Gasteiger charge is -2.26. The molecule has 6 rings (SSSR count). The topological polar surface area (TPSA) is 90.6 Å². The summed E-state index contributed by atoms with van der Waals surface area (Å²) >= 11 is 6.56. The molecule has 0 aliphatic carbocycles. The number of nitrogens with zero attached hydrogens (tertiary/aromatic N) is 4. The Hall–Kier alpha value is -3.57. The Morgan fingerprint density at radius 3 is 2.50 bits per heavy atom. The van der Waals surface area contributed by atoms with Gasteiger partial charge in [-0.05, 0) is 63.2 Å². The number of halogens is 1. The minimum Gasteiger partial charge on any atom is -0.493 e. The molecule has 3 aromatic heterocycles. The molecule has 0 radical (unpaired) electrons. The number of aryl methyl sites for hydroxylation is 2. The number of aromatic nitrogens is 3. The molecule has 232 valence electrons. The van der Waals surface area contributed by atoms with E-state index in [1.165, 1.54) is 42.5 Å². The smallest absolute Gasteiger partial charge is 0.269 e. The average molecular weight is 636 g/mol. The first kappa shape index (κ1) is 30.5. The molecular formula is C33H38ClN5O4S. The molecule has 0 atom stereocenters. The largest absolute Gasteiger partial charge is 0.493 e. The minimum absolute atomic E-state index is 0.168. The normalized spacial score (nSPS) is 14.5. The van der Waals surface area contributed by atoms with Gasteiger partial charge in [0.1, 0.15) is 6.61 Å². The summed E-state index contributed by atoms with van der Waals surface area (Å²) in [6.07, 6.45) is 7.37. The summed E-state index contributed by atoms with van der Waals surface area (Å²) < 4.78 is 43.5. The van der Waals surface area contributed by atoms with E-state index in [4.69, 9.17) is 21.1 Å². The van der Waals surface area contributed by atoms with Gasteiger partial charge in [0.2, 0.25) is 0 Å². The highest BCUT2D eigenvalue weighted by Gasteiger charge is 2.28. The second-order valence-corrected chi connectivity index (χ2v) is 13.5. The highest BCUT2D eigenvalue weighted by atomic mass is 35.5. The van der Waals surface area contributed by atoms with Crippen molar-refractivity contribution in [2.45, 2.75) is 31.1 Å². The van der Waals surface area contributed by atoms with Crippen molar-refractivity contribution in [3.05, 3.63) is 71.5 Å². The molecule has 2 aromatic carbocycles. The van der Waals surface area contributed by atoms with Gasteiger partial charge in [0.15, 0.2) is 17.1 Å². The van der Waals surface area contributed by atoms with Gasteiger partial charge in [-0.25, -0.2) is 17.4 Å². The number of pyridine rings is 1. The second kappa shape index (κ2) is 12.8. The molecule has 11 heteroatoms. The fourth-order valence-electron chi connectivity index (χ4n) is 5.93. The van der Waals surface area contributed by atoms with Gasteiger partial charge >= 0.3 is 0 Å². The van der Waals surface area contributed by atoms with Crippen molar-refractivity contribution in [1.29, 1.82) is 0 Å². The number of benzene rings is 2. The summed E-state index contributed by atoms with van der Waals surface area (Å²) in [7, 11) is -0.490. The lowest BCUT2D eigenvalue weighted by Crippen LogP contribution is -2.36. The van der Waals surface area contributed by atoms with Crippen molar-refractivity contribution >= 4 is 43.6 Å². The Kier molecular flexibility index (Phi) is 8.87. The fraction of sp³-hybridized carbons (Fsp3) is 0.364. The Morgan fingerprint density at radius 2 is 1.75 bits per heavy atom. The highest BCUT2D eigenvalue weighted by Crippen LogP contribution is 2.41. The summed E-state index contributed by atoms with van der Waals surface area (Å²) in [4.78, 5) is 7.13. The van der Waals surface area contributed by atoms with E-state index < -0.39 is 10.0 Å². The first-order chi connectivity index (χ1) is 21.3. The predicted molar refractivity (Wildman–Crippen MR) is 176 cm³/mol. The number of nitrogens with one attached hydrogen (secondary N) is 1. The van der Waals surface area contributed by atoms with Crippen molar-refractivity contribution < 1.29 is 17.9 Å². The number of methoxy groups -OCH3 is 1. The van der Waals surface area contributed by atoms with Crippen LogP contribution in [0.25, 0.3) is 33.2 Å². The Balaban J connectivity index is 1.33. The zero-order valence-corrected chi connectivity index (χ0v) is 26.9. The molecule has 0 spiro atoms. The number of fused-ring (bicyclic) bond motifs is 2. The van der Waals surface area contributed by atoms with Crippen LogP contribution in [-0.2, 0) is 17.1 Å². The van der Waals surface area contributed by atoms with Crippen molar-refractivity contribution in [3.8, 4) is 22.8 Å². The van der Waals surface area contributed by atoms with Crippen molar-refractivity contribution in [2.75, 3.05) is 46.4 Å². The van der Waals surface area contributed by atoms with E-state index in [2.05, 4.69) is 15.2 Å². The third-order valence-corrected chi connectivity index (χ3v) is 10.4. The van der Waals surface area contributed by atoms with E-state index in [9.17, 15) is 8.42 Å². The Labute approximate surface area is 263 Å². The lowest BCUT2D eigenvalue weighted by molar-refractivity contribution is 0.226. The molecule has 0 amide bonds. The van der Waals surface area contributed by atoms with Crippen LogP contribution in [0.3, 0.4) is 0 Å². The van der Waals surface area contributed by atoms with Gasteiger partial charge in [-0.1, -0.05) is 35.7 Å². The van der Waals surface area contributed by atoms with Gasteiger partial charge in [0, 0.05) is 61.5 Å². The third kappa shape index (κ3) is 5.91. The highest BCUT2D eigenvalue weighted by molar-refractivity contribution is 7.90. The summed E-state index contributed by atoms with van der Waals surface area (Å²) in [5.74, 6) is 1.20. The number of hydrogen-bond donors (Lipinski definition) is 1. The maximum absolute atomic E-state index is 14.1. The fourth-order valence-corrected chi connectivity index (χ4v) is 7.60. The van der Waals surface area contributed by atoms with Crippen LogP contribution < -0.4 is 14.8 Å².